The van der Waals surface area contributed by atoms with E-state index >= 15 is 0 Å². The summed E-state index contributed by atoms with van der Waals surface area (Å²) in [4.78, 5) is 35.4. The molecule has 0 unspecified atom stereocenters. The second-order valence-corrected chi connectivity index (χ2v) is 4.65. The monoisotopic (exact) mass is 313 g/mol. The second kappa shape index (κ2) is 7.49. The largest absolute Gasteiger partial charge is 0.483 e. The van der Waals surface area contributed by atoms with E-state index in [1.54, 1.807) is 0 Å². The molecule has 0 aromatic heterocycles. The van der Waals surface area contributed by atoms with Gasteiger partial charge < -0.3 is 20.7 Å². The molecule has 1 aromatic carbocycles. The number of hydrogen-bond acceptors (Lipinski definition) is 4. The van der Waals surface area contributed by atoms with Crippen molar-refractivity contribution >= 4 is 29.3 Å². The van der Waals surface area contributed by atoms with Crippen LogP contribution in [0.25, 0.3) is 0 Å². The molecule has 0 heterocycles. The zero-order chi connectivity index (χ0) is 16.0. The van der Waals surface area contributed by atoms with E-state index in [9.17, 15) is 14.4 Å². The molecular weight excluding hydrogens is 298 g/mol. The summed E-state index contributed by atoms with van der Waals surface area (Å²) in [5.41, 5.74) is 5.29. The highest BCUT2D eigenvalue weighted by Gasteiger charge is 2.15. The minimum Gasteiger partial charge on any atom is -0.483 e. The average molecular weight is 314 g/mol. The van der Waals surface area contributed by atoms with E-state index in [2.05, 4.69) is 5.32 Å². The first-order valence-electron chi connectivity index (χ1n) is 6.02. The minimum absolute atomic E-state index is 0.0814. The summed E-state index contributed by atoms with van der Waals surface area (Å²) in [6.07, 6.45) is 0. The Hall–Kier alpha value is -2.28. The van der Waals surface area contributed by atoms with Gasteiger partial charge >= 0.3 is 0 Å². The molecule has 3 amide bonds. The summed E-state index contributed by atoms with van der Waals surface area (Å²) in [5, 5.41) is 2.74. The fourth-order valence-corrected chi connectivity index (χ4v) is 1.63. The Kier molecular flexibility index (Phi) is 5.98. The lowest BCUT2D eigenvalue weighted by Gasteiger charge is -2.17. The molecule has 0 fully saturated rings. The molecule has 3 N–H and O–H groups in total. The molecule has 21 heavy (non-hydrogen) atoms. The maximum Gasteiger partial charge on any atom is 0.260 e. The Morgan fingerprint density at radius 1 is 1.38 bits per heavy atom. The lowest BCUT2D eigenvalue weighted by molar-refractivity contribution is -0.136. The molecule has 8 heteroatoms. The first-order chi connectivity index (χ1) is 9.85. The lowest BCUT2D eigenvalue weighted by atomic mass is 10.2. The van der Waals surface area contributed by atoms with Gasteiger partial charge in [0.2, 0.25) is 5.91 Å². The zero-order valence-corrected chi connectivity index (χ0v) is 12.4. The minimum atomic E-state index is -0.710. The van der Waals surface area contributed by atoms with Crippen LogP contribution < -0.4 is 15.8 Å². The number of primary amides is 1. The van der Waals surface area contributed by atoms with Gasteiger partial charge in [-0.3, -0.25) is 14.4 Å². The number of halogens is 1. The molecule has 0 radical (unpaired) electrons. The summed E-state index contributed by atoms with van der Waals surface area (Å²) in [6, 6.07) is 4.33. The van der Waals surface area contributed by atoms with Crippen LogP contribution in [0, 0.1) is 0 Å². The van der Waals surface area contributed by atoms with Crippen molar-refractivity contribution in [2.75, 3.05) is 27.2 Å². The highest BCUT2D eigenvalue weighted by atomic mass is 35.5. The van der Waals surface area contributed by atoms with E-state index in [-0.39, 0.29) is 30.4 Å². The van der Waals surface area contributed by atoms with Crippen LogP contribution in [0.3, 0.4) is 0 Å². The molecule has 0 atom stereocenters. The molecule has 1 rings (SSSR count). The number of nitrogens with zero attached hydrogens (tertiary/aromatic N) is 1. The predicted molar refractivity (Wildman–Crippen MR) is 77.2 cm³/mol. The maximum absolute atomic E-state index is 11.8. The van der Waals surface area contributed by atoms with E-state index < -0.39 is 11.8 Å². The van der Waals surface area contributed by atoms with Crippen molar-refractivity contribution in [1.29, 1.82) is 0 Å². The molecule has 7 nitrogen and oxygen atoms in total. The van der Waals surface area contributed by atoms with Gasteiger partial charge in [-0.05, 0) is 18.2 Å². The Morgan fingerprint density at radius 2 is 2.05 bits per heavy atom. The predicted octanol–water partition coefficient (Wildman–Crippen LogP) is 0.0221. The van der Waals surface area contributed by atoms with Crippen molar-refractivity contribution in [1.82, 2.24) is 10.2 Å². The molecule has 0 aliphatic heterocycles. The fraction of sp³-hybridized carbons (Fsp3) is 0.308. The summed E-state index contributed by atoms with van der Waals surface area (Å²) in [6.45, 7) is -0.405. The van der Waals surface area contributed by atoms with Gasteiger partial charge in [-0.15, -0.1) is 0 Å². The van der Waals surface area contributed by atoms with Gasteiger partial charge in [0.1, 0.15) is 5.75 Å². The van der Waals surface area contributed by atoms with Crippen LogP contribution in [0.4, 0.5) is 0 Å². The first kappa shape index (κ1) is 16.8. The maximum atomic E-state index is 11.8. The molecule has 0 saturated heterocycles. The quantitative estimate of drug-likeness (QED) is 0.773. The number of nitrogens with two attached hydrogens (primary N) is 1. The van der Waals surface area contributed by atoms with Gasteiger partial charge in [-0.2, -0.15) is 0 Å². The molecular formula is C13H16ClN3O4. The van der Waals surface area contributed by atoms with Crippen molar-refractivity contribution < 1.29 is 19.1 Å². The van der Waals surface area contributed by atoms with Gasteiger partial charge in [0.25, 0.3) is 11.8 Å². The third-order valence-electron chi connectivity index (χ3n) is 2.64. The first-order valence-corrected chi connectivity index (χ1v) is 6.39. The summed E-state index contributed by atoms with van der Waals surface area (Å²) >= 11 is 5.76. The fourth-order valence-electron chi connectivity index (χ4n) is 1.45. The Balaban J connectivity index is 2.69. The van der Waals surface area contributed by atoms with E-state index in [1.807, 2.05) is 0 Å². The average Bonchev–Trinajstić information content (AvgIpc) is 2.45. The molecule has 0 spiro atoms. The van der Waals surface area contributed by atoms with Crippen molar-refractivity contribution in [2.24, 2.45) is 5.73 Å². The van der Waals surface area contributed by atoms with Crippen LogP contribution >= 0.6 is 11.6 Å². The zero-order valence-electron chi connectivity index (χ0n) is 11.7. The number of rotatable bonds is 6. The van der Waals surface area contributed by atoms with Crippen molar-refractivity contribution in [3.8, 4) is 5.75 Å². The van der Waals surface area contributed by atoms with E-state index in [4.69, 9.17) is 22.1 Å². The van der Waals surface area contributed by atoms with Crippen LogP contribution in [0.5, 0.6) is 5.75 Å². The Labute approximate surface area is 127 Å². The van der Waals surface area contributed by atoms with Gasteiger partial charge in [0.05, 0.1) is 12.1 Å². The number of carbonyl (C=O) groups is 3. The molecule has 0 aliphatic carbocycles. The van der Waals surface area contributed by atoms with Gasteiger partial charge in [0, 0.05) is 19.1 Å². The smallest absolute Gasteiger partial charge is 0.260 e. The molecule has 0 saturated carbocycles. The SMILES string of the molecule is CNC(=O)CN(C)C(=O)COc1ccc(Cl)cc1C(N)=O. The normalized spacial score (nSPS) is 9.86. The van der Waals surface area contributed by atoms with Crippen molar-refractivity contribution in [3.63, 3.8) is 0 Å². The topological polar surface area (TPSA) is 102 Å². The number of benzene rings is 1. The summed E-state index contributed by atoms with van der Waals surface area (Å²) in [5.74, 6) is -1.26. The number of amides is 3. The third kappa shape index (κ3) is 4.96. The Morgan fingerprint density at radius 3 is 2.62 bits per heavy atom. The van der Waals surface area contributed by atoms with Crippen LogP contribution in [-0.4, -0.2) is 49.9 Å². The lowest BCUT2D eigenvalue weighted by Crippen LogP contribution is -2.39. The highest BCUT2D eigenvalue weighted by molar-refractivity contribution is 6.31. The molecule has 114 valence electrons. The van der Waals surface area contributed by atoms with Crippen LogP contribution in [0.15, 0.2) is 18.2 Å². The van der Waals surface area contributed by atoms with E-state index in [0.717, 1.165) is 0 Å². The molecule has 0 bridgehead atoms. The number of hydrogen-bond donors (Lipinski definition) is 2. The summed E-state index contributed by atoms with van der Waals surface area (Å²) < 4.78 is 5.27. The van der Waals surface area contributed by atoms with Crippen molar-refractivity contribution in [2.45, 2.75) is 0 Å². The van der Waals surface area contributed by atoms with Gasteiger partial charge in [0.15, 0.2) is 6.61 Å². The number of nitrogens with one attached hydrogen (secondary N) is 1. The second-order valence-electron chi connectivity index (χ2n) is 4.22. The van der Waals surface area contributed by atoms with Crippen LogP contribution in [-0.2, 0) is 9.59 Å². The highest BCUT2D eigenvalue weighted by Crippen LogP contribution is 2.22. The van der Waals surface area contributed by atoms with Crippen LogP contribution in [0.1, 0.15) is 10.4 Å². The van der Waals surface area contributed by atoms with E-state index in [1.165, 1.54) is 37.2 Å². The van der Waals surface area contributed by atoms with E-state index in [0.29, 0.717) is 5.02 Å². The Bertz CT molecular complexity index is 562. The standard InChI is InChI=1S/C13H16ClN3O4/c1-16-11(18)6-17(2)12(19)7-21-10-4-3-8(14)5-9(10)13(15)20/h3-5H,6-7H2,1-2H3,(H2,15,20)(H,16,18). The summed E-state index contributed by atoms with van der Waals surface area (Å²) in [7, 11) is 2.95. The number of ether oxygens (including phenoxy) is 1. The van der Waals surface area contributed by atoms with Gasteiger partial charge in [-0.25, -0.2) is 0 Å². The number of carbonyl (C=O) groups excluding carboxylic acids is 3. The van der Waals surface area contributed by atoms with Crippen molar-refractivity contribution in [3.05, 3.63) is 28.8 Å². The van der Waals surface area contributed by atoms with Gasteiger partial charge in [-0.1, -0.05) is 11.6 Å². The number of likely N-dealkylation sites (N-methyl/N-ethyl adjacent to an activating group) is 2. The molecule has 1 aromatic rings. The van der Waals surface area contributed by atoms with Crippen LogP contribution in [0.2, 0.25) is 5.02 Å². The molecule has 0 aliphatic rings. The third-order valence-corrected chi connectivity index (χ3v) is 2.88.